The van der Waals surface area contributed by atoms with Crippen LogP contribution < -0.4 is 4.74 Å². The Bertz CT molecular complexity index is 1040. The fourth-order valence-electron chi connectivity index (χ4n) is 2.71. The minimum atomic E-state index is -0.295. The van der Waals surface area contributed by atoms with E-state index in [4.69, 9.17) is 4.74 Å². The van der Waals surface area contributed by atoms with Gasteiger partial charge in [-0.05, 0) is 47.5 Å². The molecular formula is C22H19NO4. The number of aromatic nitrogens is 1. The third-order valence-corrected chi connectivity index (χ3v) is 4.09. The average Bonchev–Trinajstić information content (AvgIpc) is 3.15. The minimum Gasteiger partial charge on any atom is -0.504 e. The highest BCUT2D eigenvalue weighted by Gasteiger charge is 2.05. The Morgan fingerprint density at radius 1 is 1.07 bits per heavy atom. The Balaban J connectivity index is 1.62. The minimum absolute atomic E-state index is 0.0266. The van der Waals surface area contributed by atoms with Crippen LogP contribution in [0.15, 0.2) is 60.8 Å². The number of allylic oxidation sites excluding steroid dienone is 2. The summed E-state index contributed by atoms with van der Waals surface area (Å²) in [4.78, 5) is 27.2. The van der Waals surface area contributed by atoms with Crippen molar-refractivity contribution in [3.05, 3.63) is 71.9 Å². The average molecular weight is 361 g/mol. The summed E-state index contributed by atoms with van der Waals surface area (Å²) in [5.41, 5.74) is 2.61. The number of methoxy groups -OCH3 is 1. The predicted octanol–water partition coefficient (Wildman–Crippen LogP) is 4.14. The summed E-state index contributed by atoms with van der Waals surface area (Å²) in [6.45, 7) is 0. The van der Waals surface area contributed by atoms with Crippen molar-refractivity contribution in [3.8, 4) is 11.5 Å². The van der Waals surface area contributed by atoms with Gasteiger partial charge in [-0.3, -0.25) is 9.59 Å². The van der Waals surface area contributed by atoms with Crippen molar-refractivity contribution in [2.75, 3.05) is 7.11 Å². The molecule has 1 heterocycles. The van der Waals surface area contributed by atoms with Crippen LogP contribution in [0.5, 0.6) is 11.5 Å². The number of fused-ring (bicyclic) bond motifs is 1. The number of carbonyl (C=O) groups excluding carboxylic acids is 2. The van der Waals surface area contributed by atoms with E-state index in [1.54, 1.807) is 24.3 Å². The molecule has 0 atom stereocenters. The molecule has 0 spiro atoms. The van der Waals surface area contributed by atoms with Crippen LogP contribution in [0.3, 0.4) is 0 Å². The van der Waals surface area contributed by atoms with E-state index < -0.39 is 0 Å². The first-order valence-electron chi connectivity index (χ1n) is 8.42. The molecule has 0 saturated carbocycles. The molecule has 2 N–H and O–H groups in total. The molecule has 0 aliphatic carbocycles. The number of carbonyl (C=O) groups is 2. The van der Waals surface area contributed by atoms with Gasteiger partial charge < -0.3 is 14.8 Å². The van der Waals surface area contributed by atoms with Gasteiger partial charge in [0.1, 0.15) is 0 Å². The molecule has 27 heavy (non-hydrogen) atoms. The number of hydrogen-bond acceptors (Lipinski definition) is 4. The molecule has 136 valence electrons. The second-order valence-electron chi connectivity index (χ2n) is 5.99. The standard InChI is InChI=1S/C22H19NO4/c1-27-22-13-15(6-10-21(22)26)5-8-17(24)14-18(25)9-7-16-3-2-4-20-19(16)11-12-23-20/h2-13,23,26H,14H2,1H3/b8-5+,9-7+. The number of ketones is 2. The van der Waals surface area contributed by atoms with Crippen LogP contribution in [0.2, 0.25) is 0 Å². The van der Waals surface area contributed by atoms with E-state index in [1.807, 2.05) is 30.5 Å². The summed E-state index contributed by atoms with van der Waals surface area (Å²) >= 11 is 0. The summed E-state index contributed by atoms with van der Waals surface area (Å²) in [7, 11) is 1.45. The maximum absolute atomic E-state index is 12.1. The molecule has 0 aliphatic rings. The van der Waals surface area contributed by atoms with Crippen molar-refractivity contribution in [1.29, 1.82) is 0 Å². The van der Waals surface area contributed by atoms with Crippen molar-refractivity contribution in [2.24, 2.45) is 0 Å². The SMILES string of the molecule is COc1cc(/C=C/C(=O)CC(=O)/C=C/c2cccc3[nH]ccc23)ccc1O. The third kappa shape index (κ3) is 4.52. The van der Waals surface area contributed by atoms with Crippen molar-refractivity contribution in [3.63, 3.8) is 0 Å². The third-order valence-electron chi connectivity index (χ3n) is 4.09. The highest BCUT2D eigenvalue weighted by atomic mass is 16.5. The number of H-pyrrole nitrogens is 1. The first kappa shape index (κ1) is 18.2. The van der Waals surface area contributed by atoms with E-state index in [9.17, 15) is 14.7 Å². The monoisotopic (exact) mass is 361 g/mol. The largest absolute Gasteiger partial charge is 0.504 e. The van der Waals surface area contributed by atoms with E-state index in [0.717, 1.165) is 16.5 Å². The van der Waals surface area contributed by atoms with E-state index in [0.29, 0.717) is 11.3 Å². The maximum Gasteiger partial charge on any atom is 0.163 e. The van der Waals surface area contributed by atoms with Gasteiger partial charge in [0.15, 0.2) is 23.1 Å². The van der Waals surface area contributed by atoms with Crippen LogP contribution in [0.1, 0.15) is 17.5 Å². The Kier molecular flexibility index (Phi) is 5.52. The van der Waals surface area contributed by atoms with Crippen molar-refractivity contribution in [1.82, 2.24) is 4.98 Å². The normalized spacial score (nSPS) is 11.4. The van der Waals surface area contributed by atoms with Gasteiger partial charge in [0.05, 0.1) is 13.5 Å². The van der Waals surface area contributed by atoms with Gasteiger partial charge in [-0.25, -0.2) is 0 Å². The molecular weight excluding hydrogens is 342 g/mol. The Morgan fingerprint density at radius 3 is 2.63 bits per heavy atom. The van der Waals surface area contributed by atoms with E-state index in [-0.39, 0.29) is 23.7 Å². The van der Waals surface area contributed by atoms with Crippen LogP contribution >= 0.6 is 0 Å². The fraction of sp³-hybridized carbons (Fsp3) is 0.0909. The summed E-state index contributed by atoms with van der Waals surface area (Å²) < 4.78 is 5.02. The van der Waals surface area contributed by atoms with Gasteiger partial charge >= 0.3 is 0 Å². The van der Waals surface area contributed by atoms with Crippen LogP contribution in [0.4, 0.5) is 0 Å². The first-order chi connectivity index (χ1) is 13.1. The number of benzene rings is 2. The molecule has 5 heteroatoms. The molecule has 2 aromatic carbocycles. The lowest BCUT2D eigenvalue weighted by atomic mass is 10.1. The maximum atomic E-state index is 12.1. The van der Waals surface area contributed by atoms with Gasteiger partial charge in [0.2, 0.25) is 0 Å². The number of aromatic amines is 1. The molecule has 3 aromatic rings. The Labute approximate surface area is 156 Å². The number of phenolic OH excluding ortho intramolecular Hbond substituents is 1. The van der Waals surface area contributed by atoms with Crippen LogP contribution in [-0.2, 0) is 9.59 Å². The zero-order valence-electron chi connectivity index (χ0n) is 14.8. The second kappa shape index (κ2) is 8.19. The fourth-order valence-corrected chi connectivity index (χ4v) is 2.71. The molecule has 0 unspecified atom stereocenters. The zero-order chi connectivity index (χ0) is 19.2. The highest BCUT2D eigenvalue weighted by Crippen LogP contribution is 2.26. The zero-order valence-corrected chi connectivity index (χ0v) is 14.8. The molecule has 3 rings (SSSR count). The van der Waals surface area contributed by atoms with Gasteiger partial charge in [0, 0.05) is 17.1 Å². The second-order valence-corrected chi connectivity index (χ2v) is 5.99. The number of hydrogen-bond donors (Lipinski definition) is 2. The van der Waals surface area contributed by atoms with Crippen LogP contribution in [-0.4, -0.2) is 28.8 Å². The lowest BCUT2D eigenvalue weighted by molar-refractivity contribution is -0.121. The van der Waals surface area contributed by atoms with E-state index in [2.05, 4.69) is 4.98 Å². The quantitative estimate of drug-likeness (QED) is 0.490. The number of nitrogens with one attached hydrogen (secondary N) is 1. The van der Waals surface area contributed by atoms with Crippen LogP contribution in [0, 0.1) is 0 Å². The number of rotatable bonds is 7. The van der Waals surface area contributed by atoms with Crippen molar-refractivity contribution < 1.29 is 19.4 Å². The van der Waals surface area contributed by atoms with Crippen molar-refractivity contribution in [2.45, 2.75) is 6.42 Å². The summed E-state index contributed by atoms with van der Waals surface area (Å²) in [6, 6.07) is 12.5. The molecule has 1 aromatic heterocycles. The predicted molar refractivity (Wildman–Crippen MR) is 106 cm³/mol. The smallest absolute Gasteiger partial charge is 0.163 e. The van der Waals surface area contributed by atoms with Crippen molar-refractivity contribution >= 4 is 34.6 Å². The molecule has 0 amide bonds. The molecule has 0 saturated heterocycles. The molecule has 0 bridgehead atoms. The van der Waals surface area contributed by atoms with E-state index >= 15 is 0 Å². The van der Waals surface area contributed by atoms with Gasteiger partial charge in [0.25, 0.3) is 0 Å². The molecule has 0 fully saturated rings. The molecule has 0 radical (unpaired) electrons. The topological polar surface area (TPSA) is 79.4 Å². The molecule has 0 aliphatic heterocycles. The van der Waals surface area contributed by atoms with Crippen LogP contribution in [0.25, 0.3) is 23.1 Å². The summed E-state index contributed by atoms with van der Waals surface area (Å²) in [5, 5.41) is 10.6. The lowest BCUT2D eigenvalue weighted by Crippen LogP contribution is -2.01. The lowest BCUT2D eigenvalue weighted by Gasteiger charge is -2.03. The number of phenols is 1. The summed E-state index contributed by atoms with van der Waals surface area (Å²) in [5.74, 6) is -0.210. The number of ether oxygens (including phenoxy) is 1. The van der Waals surface area contributed by atoms with Gasteiger partial charge in [-0.1, -0.05) is 30.4 Å². The Hall–Kier alpha value is -3.60. The number of aromatic hydroxyl groups is 1. The Morgan fingerprint density at radius 2 is 1.85 bits per heavy atom. The summed E-state index contributed by atoms with van der Waals surface area (Å²) in [6.07, 6.45) is 7.73. The van der Waals surface area contributed by atoms with Gasteiger partial charge in [-0.2, -0.15) is 0 Å². The van der Waals surface area contributed by atoms with E-state index in [1.165, 1.54) is 25.3 Å². The van der Waals surface area contributed by atoms with Gasteiger partial charge in [-0.15, -0.1) is 0 Å². The first-order valence-corrected chi connectivity index (χ1v) is 8.42. The molecule has 5 nitrogen and oxygen atoms in total. The highest BCUT2D eigenvalue weighted by molar-refractivity contribution is 6.11.